The first-order valence-electron chi connectivity index (χ1n) is 5.82. The van der Waals surface area contributed by atoms with E-state index in [4.69, 9.17) is 0 Å². The molecule has 0 bridgehead atoms. The summed E-state index contributed by atoms with van der Waals surface area (Å²) in [6.45, 7) is 3.59. The number of carbonyl (C=O) groups excluding carboxylic acids is 1. The Labute approximate surface area is 90.6 Å². The lowest BCUT2D eigenvalue weighted by Gasteiger charge is -2.29. The predicted molar refractivity (Wildman–Crippen MR) is 60.3 cm³/mol. The summed E-state index contributed by atoms with van der Waals surface area (Å²) in [4.78, 5) is 11.7. The van der Waals surface area contributed by atoms with Crippen LogP contribution in [0.15, 0.2) is 36.5 Å². The van der Waals surface area contributed by atoms with Crippen molar-refractivity contribution in [2.24, 2.45) is 17.3 Å². The largest absolute Gasteiger partial charge is 0.290 e. The number of rotatable bonds is 2. The fraction of sp³-hybridized carbons (Fsp3) is 0.500. The van der Waals surface area contributed by atoms with Crippen LogP contribution >= 0.6 is 0 Å². The summed E-state index contributed by atoms with van der Waals surface area (Å²) >= 11 is 0. The second kappa shape index (κ2) is 2.94. The van der Waals surface area contributed by atoms with E-state index < -0.39 is 0 Å². The second-order valence-corrected chi connectivity index (χ2v) is 5.01. The Kier molecular flexibility index (Phi) is 1.79. The Morgan fingerprint density at radius 2 is 2.40 bits per heavy atom. The van der Waals surface area contributed by atoms with Crippen molar-refractivity contribution in [2.45, 2.75) is 25.7 Å². The molecule has 0 aliphatic heterocycles. The third-order valence-electron chi connectivity index (χ3n) is 4.58. The van der Waals surface area contributed by atoms with E-state index in [1.807, 2.05) is 0 Å². The highest BCUT2D eigenvalue weighted by Crippen LogP contribution is 2.61. The van der Waals surface area contributed by atoms with Crippen molar-refractivity contribution >= 4 is 5.78 Å². The molecule has 15 heavy (non-hydrogen) atoms. The summed E-state index contributed by atoms with van der Waals surface area (Å²) in [5.74, 6) is 1.44. The molecule has 0 N–H and O–H groups in total. The van der Waals surface area contributed by atoms with E-state index in [1.54, 1.807) is 0 Å². The van der Waals surface area contributed by atoms with Gasteiger partial charge in [0, 0.05) is 5.41 Å². The normalized spacial score (nSPS) is 41.2. The molecule has 0 saturated heterocycles. The van der Waals surface area contributed by atoms with Crippen molar-refractivity contribution in [1.29, 1.82) is 0 Å². The molecule has 3 aliphatic rings. The lowest BCUT2D eigenvalue weighted by molar-refractivity contribution is -0.111. The third kappa shape index (κ3) is 1.01. The number of hydrogen-bond donors (Lipinski definition) is 0. The van der Waals surface area contributed by atoms with Crippen LogP contribution in [0.1, 0.15) is 25.7 Å². The van der Waals surface area contributed by atoms with Crippen molar-refractivity contribution < 1.29 is 4.79 Å². The first-order valence-corrected chi connectivity index (χ1v) is 5.82. The van der Waals surface area contributed by atoms with E-state index in [9.17, 15) is 4.79 Å². The van der Waals surface area contributed by atoms with Gasteiger partial charge in [0.15, 0.2) is 5.78 Å². The van der Waals surface area contributed by atoms with E-state index in [-0.39, 0.29) is 5.78 Å². The fourth-order valence-corrected chi connectivity index (χ4v) is 3.87. The van der Waals surface area contributed by atoms with Crippen molar-refractivity contribution in [3.8, 4) is 0 Å². The summed E-state index contributed by atoms with van der Waals surface area (Å²) in [6.07, 6.45) is 13.1. The summed E-state index contributed by atoms with van der Waals surface area (Å²) in [7, 11) is 0. The van der Waals surface area contributed by atoms with Crippen molar-refractivity contribution in [3.63, 3.8) is 0 Å². The van der Waals surface area contributed by atoms with Gasteiger partial charge in [0.2, 0.25) is 0 Å². The first-order chi connectivity index (χ1) is 7.28. The first kappa shape index (κ1) is 9.14. The van der Waals surface area contributed by atoms with Crippen LogP contribution in [0.4, 0.5) is 0 Å². The fourth-order valence-electron chi connectivity index (χ4n) is 3.87. The van der Waals surface area contributed by atoms with Crippen LogP contribution in [-0.2, 0) is 4.79 Å². The zero-order valence-corrected chi connectivity index (χ0v) is 8.91. The third-order valence-corrected chi connectivity index (χ3v) is 4.58. The van der Waals surface area contributed by atoms with Gasteiger partial charge in [-0.1, -0.05) is 24.8 Å². The molecule has 1 nitrogen and oxygen atoms in total. The van der Waals surface area contributed by atoms with Gasteiger partial charge in [0.05, 0.1) is 0 Å². The Balaban J connectivity index is 1.97. The molecule has 0 aromatic heterocycles. The van der Waals surface area contributed by atoms with Crippen LogP contribution < -0.4 is 0 Å². The Bertz CT molecular complexity index is 388. The molecule has 1 fully saturated rings. The van der Waals surface area contributed by atoms with Crippen LogP contribution in [0.2, 0.25) is 0 Å². The van der Waals surface area contributed by atoms with Crippen LogP contribution in [0.25, 0.3) is 0 Å². The van der Waals surface area contributed by atoms with Crippen molar-refractivity contribution in [1.82, 2.24) is 0 Å². The molecule has 3 aliphatic carbocycles. The minimum atomic E-state index is 0.151. The van der Waals surface area contributed by atoms with Crippen LogP contribution in [0.3, 0.4) is 0 Å². The number of hydrogen-bond acceptors (Lipinski definition) is 1. The maximum atomic E-state index is 11.7. The predicted octanol–water partition coefficient (Wildman–Crippen LogP) is 3.04. The van der Waals surface area contributed by atoms with Gasteiger partial charge in [-0.25, -0.2) is 0 Å². The van der Waals surface area contributed by atoms with Crippen molar-refractivity contribution in [3.05, 3.63) is 36.5 Å². The molecule has 1 heteroatoms. The molecule has 0 aromatic carbocycles. The summed E-state index contributed by atoms with van der Waals surface area (Å²) in [6, 6.07) is 0. The molecule has 0 radical (unpaired) electrons. The monoisotopic (exact) mass is 200 g/mol. The summed E-state index contributed by atoms with van der Waals surface area (Å²) < 4.78 is 0. The molecular weight excluding hydrogens is 184 g/mol. The smallest absolute Gasteiger partial charge is 0.181 e. The zero-order valence-electron chi connectivity index (χ0n) is 8.91. The number of allylic oxidation sites excluding steroid dienone is 5. The lowest BCUT2D eigenvalue weighted by Crippen LogP contribution is -2.24. The molecule has 3 atom stereocenters. The molecule has 3 rings (SSSR count). The average Bonchev–Trinajstić information content (AvgIpc) is 2.85. The molecule has 78 valence electrons. The minimum absolute atomic E-state index is 0.151. The van der Waals surface area contributed by atoms with E-state index in [0.717, 1.165) is 17.9 Å². The van der Waals surface area contributed by atoms with E-state index >= 15 is 0 Å². The van der Waals surface area contributed by atoms with E-state index in [0.29, 0.717) is 11.3 Å². The van der Waals surface area contributed by atoms with Crippen LogP contribution in [0.5, 0.6) is 0 Å². The van der Waals surface area contributed by atoms with Crippen LogP contribution in [-0.4, -0.2) is 5.78 Å². The van der Waals surface area contributed by atoms with Gasteiger partial charge in [0.1, 0.15) is 0 Å². The quantitative estimate of drug-likeness (QED) is 0.494. The number of carbonyl (C=O) groups is 1. The Hall–Kier alpha value is -1.11. The number of ketones is 1. The van der Waals surface area contributed by atoms with Crippen molar-refractivity contribution in [2.75, 3.05) is 0 Å². The van der Waals surface area contributed by atoms with E-state index in [1.165, 1.54) is 25.3 Å². The maximum Gasteiger partial charge on any atom is 0.181 e. The highest BCUT2D eigenvalue weighted by Gasteiger charge is 2.53. The molecule has 0 heterocycles. The lowest BCUT2D eigenvalue weighted by atomic mass is 9.74. The molecule has 0 amide bonds. The second-order valence-electron chi connectivity index (χ2n) is 5.01. The molecule has 1 saturated carbocycles. The zero-order chi connectivity index (χ0) is 10.5. The van der Waals surface area contributed by atoms with Gasteiger partial charge < -0.3 is 0 Å². The van der Waals surface area contributed by atoms with E-state index in [2.05, 4.69) is 24.8 Å². The van der Waals surface area contributed by atoms with Gasteiger partial charge in [-0.15, -0.1) is 0 Å². The van der Waals surface area contributed by atoms with Gasteiger partial charge >= 0.3 is 0 Å². The molecular formula is C14H16O. The molecule has 1 spiro atoms. The Morgan fingerprint density at radius 1 is 1.53 bits per heavy atom. The van der Waals surface area contributed by atoms with Crippen LogP contribution in [0, 0.1) is 17.3 Å². The Morgan fingerprint density at radius 3 is 3.20 bits per heavy atom. The highest BCUT2D eigenvalue weighted by atomic mass is 16.1. The molecule has 0 aromatic rings. The average molecular weight is 200 g/mol. The summed E-state index contributed by atoms with van der Waals surface area (Å²) in [5.41, 5.74) is 1.37. The SMILES string of the molecule is C=CC(=O)C1=CC[C@@]23C=CC[C@@H]2CC[C@@H]13. The van der Waals surface area contributed by atoms with Gasteiger partial charge in [-0.05, 0) is 49.2 Å². The van der Waals surface area contributed by atoms with Gasteiger partial charge in [0.25, 0.3) is 0 Å². The summed E-state index contributed by atoms with van der Waals surface area (Å²) in [5, 5.41) is 0. The standard InChI is InChI=1S/C14H16O/c1-2-13(15)11-7-9-14-8-3-4-10(14)5-6-12(11)14/h2-3,7-8,10,12H,1,4-6,9H2/t10-,12+,14+/m1/s1. The topological polar surface area (TPSA) is 17.1 Å². The molecule has 0 unspecified atom stereocenters. The van der Waals surface area contributed by atoms with Gasteiger partial charge in [-0.3, -0.25) is 4.79 Å². The maximum absolute atomic E-state index is 11.7. The minimum Gasteiger partial charge on any atom is -0.290 e. The highest BCUT2D eigenvalue weighted by molar-refractivity contribution is 6.04. The van der Waals surface area contributed by atoms with Gasteiger partial charge in [-0.2, -0.15) is 0 Å².